The van der Waals surface area contributed by atoms with Crippen LogP contribution >= 0.6 is 0 Å². The number of benzene rings is 1. The second kappa shape index (κ2) is 8.85. The fourth-order valence-corrected chi connectivity index (χ4v) is 3.48. The molecule has 1 aromatic carbocycles. The lowest BCUT2D eigenvalue weighted by molar-refractivity contribution is -0.384. The molecule has 0 aliphatic heterocycles. The Morgan fingerprint density at radius 2 is 1.83 bits per heavy atom. The minimum atomic E-state index is -0.496. The third kappa shape index (κ3) is 5.40. The lowest BCUT2D eigenvalue weighted by Gasteiger charge is -2.30. The Bertz CT molecular complexity index is 894. The van der Waals surface area contributed by atoms with Gasteiger partial charge in [0.05, 0.1) is 4.92 Å². The van der Waals surface area contributed by atoms with Crippen LogP contribution in [-0.2, 0) is 0 Å². The van der Waals surface area contributed by atoms with E-state index in [-0.39, 0.29) is 23.7 Å². The number of non-ortho nitro benzene ring substituents is 1. The summed E-state index contributed by atoms with van der Waals surface area (Å²) in [6, 6.07) is 8.08. The van der Waals surface area contributed by atoms with Crippen LogP contribution in [0.4, 0.5) is 17.3 Å². The van der Waals surface area contributed by atoms with Gasteiger partial charge in [0.1, 0.15) is 17.5 Å². The highest BCUT2D eigenvalue weighted by Gasteiger charge is 2.23. The molecule has 2 N–H and O–H groups in total. The van der Waals surface area contributed by atoms with E-state index in [0.717, 1.165) is 43.1 Å². The van der Waals surface area contributed by atoms with Crippen LogP contribution in [0.1, 0.15) is 41.9 Å². The van der Waals surface area contributed by atoms with Gasteiger partial charge in [0.2, 0.25) is 0 Å². The molecular weight excluding hydrogens is 372 g/mol. The highest BCUT2D eigenvalue weighted by Crippen LogP contribution is 2.23. The van der Waals surface area contributed by atoms with Crippen molar-refractivity contribution in [1.29, 1.82) is 0 Å². The summed E-state index contributed by atoms with van der Waals surface area (Å²) in [6.07, 6.45) is 3.48. The molecule has 1 aliphatic carbocycles. The molecule has 9 nitrogen and oxygen atoms in total. The number of nitrogens with zero attached hydrogens (tertiary/aromatic N) is 4. The summed E-state index contributed by atoms with van der Waals surface area (Å²) in [7, 11) is 3.89. The second-order valence-electron chi connectivity index (χ2n) is 7.53. The lowest BCUT2D eigenvalue weighted by Crippen LogP contribution is -2.40. The summed E-state index contributed by atoms with van der Waals surface area (Å²) in [4.78, 5) is 33.6. The molecule has 2 aromatic rings. The Kier molecular flexibility index (Phi) is 6.26. The zero-order valence-electron chi connectivity index (χ0n) is 16.9. The number of nitrogens with one attached hydrogen (secondary N) is 2. The van der Waals surface area contributed by atoms with Crippen LogP contribution in [0.3, 0.4) is 0 Å². The van der Waals surface area contributed by atoms with Crippen molar-refractivity contribution >= 4 is 23.2 Å². The summed E-state index contributed by atoms with van der Waals surface area (Å²) in [5, 5.41) is 17.4. The first-order chi connectivity index (χ1) is 13.8. The minimum absolute atomic E-state index is 0.0595. The van der Waals surface area contributed by atoms with Crippen molar-refractivity contribution in [3.05, 3.63) is 51.8 Å². The van der Waals surface area contributed by atoms with Gasteiger partial charge in [-0.05, 0) is 38.7 Å². The molecule has 3 rings (SSSR count). The number of aromatic nitrogens is 2. The van der Waals surface area contributed by atoms with E-state index < -0.39 is 4.92 Å². The summed E-state index contributed by atoms with van der Waals surface area (Å²) in [5.41, 5.74) is 0.231. The van der Waals surface area contributed by atoms with Gasteiger partial charge < -0.3 is 15.5 Å². The molecule has 1 saturated carbocycles. The van der Waals surface area contributed by atoms with E-state index in [4.69, 9.17) is 0 Å². The molecule has 0 spiro atoms. The molecule has 0 unspecified atom stereocenters. The summed E-state index contributed by atoms with van der Waals surface area (Å²) >= 11 is 0. The van der Waals surface area contributed by atoms with Crippen molar-refractivity contribution < 1.29 is 9.72 Å². The van der Waals surface area contributed by atoms with Crippen molar-refractivity contribution in [3.63, 3.8) is 0 Å². The van der Waals surface area contributed by atoms with Crippen LogP contribution in [0, 0.1) is 17.0 Å². The van der Waals surface area contributed by atoms with E-state index >= 15 is 0 Å². The number of carbonyl (C=O) groups is 1. The number of hydrogen-bond acceptors (Lipinski definition) is 7. The first-order valence-corrected chi connectivity index (χ1v) is 9.66. The Morgan fingerprint density at radius 3 is 2.48 bits per heavy atom. The molecule has 1 amide bonds. The van der Waals surface area contributed by atoms with E-state index in [1.807, 2.05) is 32.0 Å². The molecule has 1 heterocycles. The molecular formula is C20H26N6O3. The maximum Gasteiger partial charge on any atom is 0.270 e. The third-order valence-corrected chi connectivity index (χ3v) is 5.02. The Morgan fingerprint density at radius 1 is 1.14 bits per heavy atom. The van der Waals surface area contributed by atoms with Crippen LogP contribution < -0.4 is 15.5 Å². The molecule has 0 radical (unpaired) electrons. The van der Waals surface area contributed by atoms with E-state index in [2.05, 4.69) is 20.6 Å². The van der Waals surface area contributed by atoms with Gasteiger partial charge in [-0.2, -0.15) is 0 Å². The van der Waals surface area contributed by atoms with Crippen LogP contribution in [-0.4, -0.2) is 47.0 Å². The number of nitro groups is 1. The highest BCUT2D eigenvalue weighted by molar-refractivity contribution is 5.95. The molecule has 1 aromatic heterocycles. The normalized spacial score (nSPS) is 18.7. The largest absolute Gasteiger partial charge is 0.367 e. The Hall–Kier alpha value is -3.23. The van der Waals surface area contributed by atoms with Crippen molar-refractivity contribution in [2.45, 2.75) is 44.7 Å². The first kappa shape index (κ1) is 20.5. The average Bonchev–Trinajstić information content (AvgIpc) is 2.69. The fraction of sp³-hybridized carbons (Fsp3) is 0.450. The smallest absolute Gasteiger partial charge is 0.270 e. The van der Waals surface area contributed by atoms with Gasteiger partial charge in [-0.15, -0.1) is 0 Å². The van der Waals surface area contributed by atoms with Crippen LogP contribution in [0.5, 0.6) is 0 Å². The van der Waals surface area contributed by atoms with E-state index in [0.29, 0.717) is 5.56 Å². The van der Waals surface area contributed by atoms with Crippen LogP contribution in [0.25, 0.3) is 0 Å². The predicted molar refractivity (Wildman–Crippen MR) is 111 cm³/mol. The van der Waals surface area contributed by atoms with Crippen molar-refractivity contribution in [3.8, 4) is 0 Å². The van der Waals surface area contributed by atoms with Gasteiger partial charge in [-0.1, -0.05) is 6.07 Å². The topological polar surface area (TPSA) is 113 Å². The van der Waals surface area contributed by atoms with E-state index in [1.54, 1.807) is 6.07 Å². The maximum absolute atomic E-state index is 12.4. The molecule has 9 heteroatoms. The molecule has 29 heavy (non-hydrogen) atoms. The van der Waals surface area contributed by atoms with Gasteiger partial charge in [0.25, 0.3) is 11.6 Å². The molecule has 0 atom stereocenters. The molecule has 0 bridgehead atoms. The summed E-state index contributed by atoms with van der Waals surface area (Å²) in [6.45, 7) is 1.87. The van der Waals surface area contributed by atoms with Crippen molar-refractivity contribution in [2.75, 3.05) is 24.3 Å². The van der Waals surface area contributed by atoms with Gasteiger partial charge in [-0.3, -0.25) is 14.9 Å². The number of amides is 1. The molecule has 0 saturated heterocycles. The average molecular weight is 398 g/mol. The van der Waals surface area contributed by atoms with E-state index in [1.165, 1.54) is 18.2 Å². The molecule has 1 aliphatic rings. The van der Waals surface area contributed by atoms with Gasteiger partial charge in [0, 0.05) is 49.9 Å². The van der Waals surface area contributed by atoms with Crippen molar-refractivity contribution in [1.82, 2.24) is 15.3 Å². The van der Waals surface area contributed by atoms with Crippen molar-refractivity contribution in [2.24, 2.45) is 0 Å². The zero-order chi connectivity index (χ0) is 21.0. The number of rotatable bonds is 6. The monoisotopic (exact) mass is 398 g/mol. The quantitative estimate of drug-likeness (QED) is 0.568. The highest BCUT2D eigenvalue weighted by atomic mass is 16.6. The lowest BCUT2D eigenvalue weighted by atomic mass is 9.91. The fourth-order valence-electron chi connectivity index (χ4n) is 3.48. The van der Waals surface area contributed by atoms with Gasteiger partial charge >= 0.3 is 0 Å². The van der Waals surface area contributed by atoms with Gasteiger partial charge in [0.15, 0.2) is 0 Å². The Balaban J connectivity index is 1.54. The molecule has 1 fully saturated rings. The summed E-state index contributed by atoms with van der Waals surface area (Å²) < 4.78 is 0. The number of hydrogen-bond donors (Lipinski definition) is 2. The number of carbonyl (C=O) groups excluding carboxylic acids is 1. The summed E-state index contributed by atoms with van der Waals surface area (Å²) in [5.74, 6) is 2.12. The number of anilines is 2. The second-order valence-corrected chi connectivity index (χ2v) is 7.53. The van der Waals surface area contributed by atoms with E-state index in [9.17, 15) is 14.9 Å². The SMILES string of the molecule is Cc1nc(NC2CCC(NC(=O)c3cccc([N+](=O)[O-])c3)CC2)cc(N(C)C)n1. The standard InChI is InChI=1S/C20H26N6O3/c1-13-21-18(12-19(22-13)25(2)3)23-15-7-9-16(10-8-15)24-20(27)14-5-4-6-17(11-14)26(28)29/h4-6,11-12,15-16H,7-10H2,1-3H3,(H,24,27)(H,21,22,23). The van der Waals surface area contributed by atoms with Crippen LogP contribution in [0.2, 0.25) is 0 Å². The number of nitro benzene ring substituents is 1. The van der Waals surface area contributed by atoms with Gasteiger partial charge in [-0.25, -0.2) is 9.97 Å². The first-order valence-electron chi connectivity index (χ1n) is 9.66. The minimum Gasteiger partial charge on any atom is -0.367 e. The van der Waals surface area contributed by atoms with Crippen LogP contribution in [0.15, 0.2) is 30.3 Å². The predicted octanol–water partition coefficient (Wildman–Crippen LogP) is 2.91. The zero-order valence-corrected chi connectivity index (χ0v) is 16.9. The Labute approximate surface area is 169 Å². The third-order valence-electron chi connectivity index (χ3n) is 5.02. The molecule has 154 valence electrons. The maximum atomic E-state index is 12.4. The number of aryl methyl sites for hydroxylation is 1.